The van der Waals surface area contributed by atoms with Crippen LogP contribution in [0.1, 0.15) is 12.8 Å². The number of halogens is 3. The number of hydrogen-bond donors (Lipinski definition) is 1. The van der Waals surface area contributed by atoms with Crippen LogP contribution in [0.25, 0.3) is 16.9 Å². The fraction of sp³-hybridized carbons (Fsp3) is 0.214. The maximum atomic E-state index is 13.6. The fourth-order valence-corrected chi connectivity index (χ4v) is 6.26. The van der Waals surface area contributed by atoms with Crippen molar-refractivity contribution in [2.24, 2.45) is 0 Å². The number of imidazole rings is 1. The highest BCUT2D eigenvalue weighted by molar-refractivity contribution is 7.89. The van der Waals surface area contributed by atoms with E-state index in [0.717, 1.165) is 16.3 Å². The Labute approximate surface area is 247 Å². The van der Waals surface area contributed by atoms with Crippen molar-refractivity contribution >= 4 is 56.7 Å². The minimum absolute atomic E-state index is 0.0353. The molecule has 0 unspecified atom stereocenters. The number of nitrogens with zero attached hydrogens (tertiary/aromatic N) is 3. The van der Waals surface area contributed by atoms with E-state index in [1.54, 1.807) is 41.1 Å². The zero-order valence-corrected chi connectivity index (χ0v) is 24.2. The molecular formula is C28H25Cl3N4O4S. The van der Waals surface area contributed by atoms with Crippen molar-refractivity contribution in [1.29, 1.82) is 0 Å². The summed E-state index contributed by atoms with van der Waals surface area (Å²) in [4.78, 5) is 18.1. The van der Waals surface area contributed by atoms with E-state index in [1.165, 1.54) is 24.3 Å². The van der Waals surface area contributed by atoms with Crippen LogP contribution in [0.3, 0.4) is 0 Å². The molecule has 2 heterocycles. The summed E-state index contributed by atoms with van der Waals surface area (Å²) >= 11 is 18.2. The van der Waals surface area contributed by atoms with Gasteiger partial charge in [-0.1, -0.05) is 53.0 Å². The van der Waals surface area contributed by atoms with Crippen molar-refractivity contribution in [3.63, 3.8) is 0 Å². The molecule has 40 heavy (non-hydrogen) atoms. The quantitative estimate of drug-likeness (QED) is 0.237. The maximum Gasteiger partial charge on any atom is 0.243 e. The third kappa shape index (κ3) is 6.68. The van der Waals surface area contributed by atoms with E-state index in [1.807, 2.05) is 18.2 Å². The van der Waals surface area contributed by atoms with Gasteiger partial charge in [0, 0.05) is 45.7 Å². The molecule has 1 fully saturated rings. The Morgan fingerprint density at radius 2 is 1.70 bits per heavy atom. The smallest absolute Gasteiger partial charge is 0.243 e. The fourth-order valence-electron chi connectivity index (χ4n) is 4.39. The minimum atomic E-state index is -4.03. The molecule has 5 rings (SSSR count). The van der Waals surface area contributed by atoms with Crippen molar-refractivity contribution < 1.29 is 17.9 Å². The molecule has 1 N–H and O–H groups in total. The summed E-state index contributed by atoms with van der Waals surface area (Å²) in [7, 11) is -4.03. The van der Waals surface area contributed by atoms with Crippen LogP contribution in [0.2, 0.25) is 15.1 Å². The second-order valence-corrected chi connectivity index (χ2v) is 12.5. The molecule has 3 aromatic carbocycles. The van der Waals surface area contributed by atoms with Gasteiger partial charge in [0.2, 0.25) is 21.9 Å². The van der Waals surface area contributed by atoms with Gasteiger partial charge in [-0.05, 0) is 67.4 Å². The summed E-state index contributed by atoms with van der Waals surface area (Å²) in [5, 5.41) is 4.29. The zero-order valence-electron chi connectivity index (χ0n) is 21.1. The first-order valence-electron chi connectivity index (χ1n) is 12.5. The van der Waals surface area contributed by atoms with Gasteiger partial charge >= 0.3 is 0 Å². The average molecular weight is 620 g/mol. The Bertz CT molecular complexity index is 1600. The van der Waals surface area contributed by atoms with E-state index in [9.17, 15) is 13.2 Å². The SMILES string of the molecule is O=C(CN(C[C@@H]1CCCO1)S(=O)(=O)c1ccc(Cl)cc1)Nc1nc(-c2ccc(Cl)cc2)cn1-c1cccc(Cl)c1. The molecule has 0 spiro atoms. The first kappa shape index (κ1) is 28.6. The van der Waals surface area contributed by atoms with Crippen LogP contribution in [0, 0.1) is 0 Å². The first-order valence-corrected chi connectivity index (χ1v) is 15.0. The van der Waals surface area contributed by atoms with E-state index in [0.29, 0.717) is 39.5 Å². The summed E-state index contributed by atoms with van der Waals surface area (Å²) in [5.74, 6) is -0.356. The largest absolute Gasteiger partial charge is 0.377 e. The predicted molar refractivity (Wildman–Crippen MR) is 157 cm³/mol. The highest BCUT2D eigenvalue weighted by Gasteiger charge is 2.31. The van der Waals surface area contributed by atoms with E-state index in [-0.39, 0.29) is 23.5 Å². The second kappa shape index (κ2) is 12.3. The van der Waals surface area contributed by atoms with Crippen LogP contribution in [-0.2, 0) is 19.6 Å². The summed E-state index contributed by atoms with van der Waals surface area (Å²) < 4.78 is 35.6. The Kier molecular flexibility index (Phi) is 8.80. The lowest BCUT2D eigenvalue weighted by Crippen LogP contribution is -2.42. The molecule has 12 heteroatoms. The van der Waals surface area contributed by atoms with E-state index in [2.05, 4.69) is 10.3 Å². The minimum Gasteiger partial charge on any atom is -0.377 e. The number of aromatic nitrogens is 2. The molecule has 4 aromatic rings. The molecule has 1 aliphatic heterocycles. The molecule has 0 aliphatic carbocycles. The lowest BCUT2D eigenvalue weighted by Gasteiger charge is -2.24. The van der Waals surface area contributed by atoms with Crippen molar-refractivity contribution in [2.45, 2.75) is 23.8 Å². The van der Waals surface area contributed by atoms with Gasteiger partial charge in [0.05, 0.1) is 23.2 Å². The molecule has 0 radical (unpaired) electrons. The van der Waals surface area contributed by atoms with Gasteiger partial charge in [0.1, 0.15) is 0 Å². The number of amides is 1. The molecule has 8 nitrogen and oxygen atoms in total. The predicted octanol–water partition coefficient (Wildman–Crippen LogP) is 6.31. The standard InChI is InChI=1S/C28H25Cl3N4O4S/c29-20-8-6-19(7-9-20)26-17-35(23-4-1-3-22(31)15-23)28(32-26)33-27(36)18-34(16-24-5-2-14-39-24)40(37,38)25-12-10-21(30)11-13-25/h1,3-4,6-13,15,17,24H,2,5,14,16,18H2,(H,32,33,36)/t24-/m0/s1. The highest BCUT2D eigenvalue weighted by Crippen LogP contribution is 2.27. The van der Waals surface area contributed by atoms with Gasteiger partial charge < -0.3 is 4.74 Å². The maximum absolute atomic E-state index is 13.6. The third-order valence-corrected chi connectivity index (χ3v) is 8.95. The molecular weight excluding hydrogens is 595 g/mol. The number of nitrogens with one attached hydrogen (secondary N) is 1. The van der Waals surface area contributed by atoms with E-state index < -0.39 is 22.5 Å². The lowest BCUT2D eigenvalue weighted by molar-refractivity contribution is -0.116. The lowest BCUT2D eigenvalue weighted by atomic mass is 10.2. The monoisotopic (exact) mass is 618 g/mol. The van der Waals surface area contributed by atoms with Crippen LogP contribution in [0.5, 0.6) is 0 Å². The van der Waals surface area contributed by atoms with E-state index >= 15 is 0 Å². The number of rotatable bonds is 9. The Hall–Kier alpha value is -2.92. The summed E-state index contributed by atoms with van der Waals surface area (Å²) in [6.07, 6.45) is 2.99. The van der Waals surface area contributed by atoms with Crippen molar-refractivity contribution in [3.8, 4) is 16.9 Å². The van der Waals surface area contributed by atoms with Gasteiger partial charge in [0.15, 0.2) is 0 Å². The number of anilines is 1. The molecule has 1 aromatic heterocycles. The van der Waals surface area contributed by atoms with Crippen molar-refractivity contribution in [1.82, 2.24) is 13.9 Å². The number of carbonyl (C=O) groups excluding carboxylic acids is 1. The topological polar surface area (TPSA) is 93.5 Å². The van der Waals surface area contributed by atoms with Gasteiger partial charge in [0.25, 0.3) is 0 Å². The molecule has 0 saturated carbocycles. The molecule has 1 saturated heterocycles. The van der Waals surface area contributed by atoms with Crippen LogP contribution in [0.4, 0.5) is 5.95 Å². The zero-order chi connectivity index (χ0) is 28.3. The Morgan fingerprint density at radius 3 is 2.35 bits per heavy atom. The van der Waals surface area contributed by atoms with Crippen LogP contribution >= 0.6 is 34.8 Å². The molecule has 208 valence electrons. The first-order chi connectivity index (χ1) is 19.2. The number of sulfonamides is 1. The number of benzene rings is 3. The van der Waals surface area contributed by atoms with Gasteiger partial charge in [-0.15, -0.1) is 0 Å². The van der Waals surface area contributed by atoms with Crippen LogP contribution < -0.4 is 5.32 Å². The van der Waals surface area contributed by atoms with Gasteiger partial charge in [-0.3, -0.25) is 14.7 Å². The van der Waals surface area contributed by atoms with Gasteiger partial charge in [-0.25, -0.2) is 13.4 Å². The number of carbonyl (C=O) groups is 1. The third-order valence-electron chi connectivity index (χ3n) is 6.39. The molecule has 0 bridgehead atoms. The normalized spacial score (nSPS) is 15.4. The number of ether oxygens (including phenoxy) is 1. The van der Waals surface area contributed by atoms with Crippen molar-refractivity contribution in [2.75, 3.05) is 25.0 Å². The Morgan fingerprint density at radius 1 is 1.00 bits per heavy atom. The van der Waals surface area contributed by atoms with Crippen LogP contribution in [0.15, 0.2) is 83.9 Å². The van der Waals surface area contributed by atoms with Crippen LogP contribution in [-0.4, -0.2) is 54.0 Å². The summed E-state index contributed by atoms with van der Waals surface area (Å²) in [5.41, 5.74) is 2.03. The Balaban J connectivity index is 1.45. The van der Waals surface area contributed by atoms with Gasteiger partial charge in [-0.2, -0.15) is 4.31 Å². The second-order valence-electron chi connectivity index (χ2n) is 9.24. The summed E-state index contributed by atoms with van der Waals surface area (Å²) in [6.45, 7) is 0.150. The van der Waals surface area contributed by atoms with E-state index in [4.69, 9.17) is 39.5 Å². The molecule has 1 amide bonds. The average Bonchev–Trinajstić information content (AvgIpc) is 3.59. The summed E-state index contributed by atoms with van der Waals surface area (Å²) in [6, 6.07) is 20.1. The number of hydrogen-bond acceptors (Lipinski definition) is 5. The highest BCUT2D eigenvalue weighted by atomic mass is 35.5. The molecule has 1 aliphatic rings. The van der Waals surface area contributed by atoms with Crippen molar-refractivity contribution in [3.05, 3.63) is 94.1 Å². The molecule has 1 atom stereocenters.